The van der Waals surface area contributed by atoms with Crippen LogP contribution in [0.25, 0.3) is 0 Å². The lowest BCUT2D eigenvalue weighted by Crippen LogP contribution is -2.66. The average molecular weight is 427 g/mol. The van der Waals surface area contributed by atoms with Crippen LogP contribution in [0.2, 0.25) is 0 Å². The molecule has 0 radical (unpaired) electrons. The summed E-state index contributed by atoms with van der Waals surface area (Å²) in [6, 6.07) is 4.03. The first-order valence-electron chi connectivity index (χ1n) is 9.34. The number of benzene rings is 1. The van der Waals surface area contributed by atoms with Crippen molar-refractivity contribution in [3.8, 4) is 5.75 Å². The van der Waals surface area contributed by atoms with Crippen LogP contribution >= 0.6 is 15.9 Å². The predicted octanol–water partition coefficient (Wildman–Crippen LogP) is 1.59. The number of rotatable bonds is 3. The SMILES string of the molecule is Cc1cc2c(cc1Br)[C@@H](O)[C@](CN1CCOCC1)(N1CCOCC1)CO2. The zero-order valence-corrected chi connectivity index (χ0v) is 16.8. The third-order valence-corrected chi connectivity index (χ3v) is 6.67. The molecule has 0 aromatic heterocycles. The summed E-state index contributed by atoms with van der Waals surface area (Å²) in [4.78, 5) is 4.76. The van der Waals surface area contributed by atoms with Gasteiger partial charge in [-0.3, -0.25) is 9.80 Å². The molecule has 1 aromatic carbocycles. The van der Waals surface area contributed by atoms with Gasteiger partial charge in [-0.15, -0.1) is 0 Å². The monoisotopic (exact) mass is 426 g/mol. The fourth-order valence-electron chi connectivity index (χ4n) is 4.23. The molecule has 0 bridgehead atoms. The molecular weight excluding hydrogens is 400 g/mol. The van der Waals surface area contributed by atoms with Gasteiger partial charge < -0.3 is 19.3 Å². The molecule has 6 nitrogen and oxygen atoms in total. The lowest BCUT2D eigenvalue weighted by atomic mass is 9.82. The zero-order valence-electron chi connectivity index (χ0n) is 15.2. The summed E-state index contributed by atoms with van der Waals surface area (Å²) in [6.45, 7) is 9.59. The van der Waals surface area contributed by atoms with Gasteiger partial charge >= 0.3 is 0 Å². The van der Waals surface area contributed by atoms with Gasteiger partial charge in [-0.2, -0.15) is 0 Å². The molecule has 0 unspecified atom stereocenters. The van der Waals surface area contributed by atoms with E-state index in [0.717, 1.165) is 67.3 Å². The molecule has 7 heteroatoms. The van der Waals surface area contributed by atoms with Crippen LogP contribution in [0.3, 0.4) is 0 Å². The lowest BCUT2D eigenvalue weighted by Gasteiger charge is -2.52. The summed E-state index contributed by atoms with van der Waals surface area (Å²) in [6.07, 6.45) is -0.607. The molecule has 1 N–H and O–H groups in total. The normalized spacial score (nSPS) is 30.7. The van der Waals surface area contributed by atoms with Gasteiger partial charge in [0.1, 0.15) is 18.5 Å². The van der Waals surface area contributed by atoms with Gasteiger partial charge in [-0.1, -0.05) is 15.9 Å². The highest BCUT2D eigenvalue weighted by Crippen LogP contribution is 2.44. The largest absolute Gasteiger partial charge is 0.491 e. The molecule has 2 atom stereocenters. The van der Waals surface area contributed by atoms with Crippen LogP contribution in [-0.4, -0.2) is 86.2 Å². The van der Waals surface area contributed by atoms with Crippen molar-refractivity contribution in [1.29, 1.82) is 0 Å². The molecule has 26 heavy (non-hydrogen) atoms. The van der Waals surface area contributed by atoms with Crippen LogP contribution in [0.15, 0.2) is 16.6 Å². The predicted molar refractivity (Wildman–Crippen MR) is 102 cm³/mol. The van der Waals surface area contributed by atoms with Crippen LogP contribution in [0.4, 0.5) is 0 Å². The second-order valence-corrected chi connectivity index (χ2v) is 8.28. The van der Waals surface area contributed by atoms with Crippen molar-refractivity contribution in [2.75, 3.05) is 65.8 Å². The van der Waals surface area contributed by atoms with E-state index in [9.17, 15) is 5.11 Å². The Bertz CT molecular complexity index is 647. The lowest BCUT2D eigenvalue weighted by molar-refractivity contribution is -0.125. The number of ether oxygens (including phenoxy) is 3. The Morgan fingerprint density at radius 1 is 1.12 bits per heavy atom. The molecule has 0 aliphatic carbocycles. The second-order valence-electron chi connectivity index (χ2n) is 7.42. The maximum Gasteiger partial charge on any atom is 0.125 e. The van der Waals surface area contributed by atoms with Gasteiger partial charge in [-0.05, 0) is 24.6 Å². The van der Waals surface area contributed by atoms with E-state index in [2.05, 4.69) is 25.7 Å². The number of nitrogens with zero attached hydrogens (tertiary/aromatic N) is 2. The first-order valence-corrected chi connectivity index (χ1v) is 10.1. The first kappa shape index (κ1) is 18.7. The third kappa shape index (κ3) is 3.41. The molecule has 0 saturated carbocycles. The van der Waals surface area contributed by atoms with Crippen LogP contribution < -0.4 is 4.74 Å². The number of hydrogen-bond acceptors (Lipinski definition) is 6. The van der Waals surface area contributed by atoms with E-state index in [0.29, 0.717) is 19.8 Å². The minimum Gasteiger partial charge on any atom is -0.491 e. The van der Waals surface area contributed by atoms with Gasteiger partial charge in [0.25, 0.3) is 0 Å². The number of aliphatic hydroxyl groups is 1. The van der Waals surface area contributed by atoms with Crippen molar-refractivity contribution in [2.24, 2.45) is 0 Å². The quantitative estimate of drug-likeness (QED) is 0.791. The first-order chi connectivity index (χ1) is 12.6. The van der Waals surface area contributed by atoms with Gasteiger partial charge in [-0.25, -0.2) is 0 Å². The molecule has 3 aliphatic rings. The summed E-state index contributed by atoms with van der Waals surface area (Å²) in [5.41, 5.74) is 1.51. The van der Waals surface area contributed by atoms with E-state index in [-0.39, 0.29) is 0 Å². The molecule has 3 heterocycles. The van der Waals surface area contributed by atoms with Gasteiger partial charge in [0.05, 0.1) is 32.0 Å². The number of aliphatic hydroxyl groups excluding tert-OH is 1. The standard InChI is InChI=1S/C19H27BrN2O4/c1-14-10-17-15(11-16(14)20)18(23)19(13-26-17,22-4-8-25-9-5-22)12-21-2-6-24-7-3-21/h10-11,18,23H,2-9,12-13H2,1H3/t18-,19-/m1/s1. The summed E-state index contributed by atoms with van der Waals surface area (Å²) < 4.78 is 18.3. The highest BCUT2D eigenvalue weighted by Gasteiger charge is 2.50. The summed E-state index contributed by atoms with van der Waals surface area (Å²) in [5, 5.41) is 11.5. The third-order valence-electron chi connectivity index (χ3n) is 5.81. The second kappa shape index (κ2) is 7.73. The Labute approximate surface area is 163 Å². The maximum atomic E-state index is 11.5. The molecule has 2 fully saturated rings. The molecule has 3 aliphatic heterocycles. The Morgan fingerprint density at radius 3 is 2.46 bits per heavy atom. The topological polar surface area (TPSA) is 54.4 Å². The molecular formula is C19H27BrN2O4. The van der Waals surface area contributed by atoms with Crippen molar-refractivity contribution in [1.82, 2.24) is 9.80 Å². The fourth-order valence-corrected chi connectivity index (χ4v) is 4.59. The van der Waals surface area contributed by atoms with E-state index >= 15 is 0 Å². The van der Waals surface area contributed by atoms with Crippen molar-refractivity contribution in [2.45, 2.75) is 18.6 Å². The summed E-state index contributed by atoms with van der Waals surface area (Å²) >= 11 is 3.61. The zero-order chi connectivity index (χ0) is 18.1. The molecule has 1 aromatic rings. The number of morpholine rings is 2. The van der Waals surface area contributed by atoms with Gasteiger partial charge in [0.15, 0.2) is 0 Å². The van der Waals surface area contributed by atoms with Crippen molar-refractivity contribution < 1.29 is 19.3 Å². The highest BCUT2D eigenvalue weighted by molar-refractivity contribution is 9.10. The molecule has 0 spiro atoms. The number of aryl methyl sites for hydroxylation is 1. The van der Waals surface area contributed by atoms with Crippen molar-refractivity contribution in [3.63, 3.8) is 0 Å². The van der Waals surface area contributed by atoms with Crippen molar-refractivity contribution >= 4 is 15.9 Å². The van der Waals surface area contributed by atoms with Crippen molar-refractivity contribution in [3.05, 3.63) is 27.7 Å². The van der Waals surface area contributed by atoms with Crippen LogP contribution in [0.1, 0.15) is 17.2 Å². The van der Waals surface area contributed by atoms with Crippen LogP contribution in [-0.2, 0) is 9.47 Å². The number of fused-ring (bicyclic) bond motifs is 1. The minimum absolute atomic E-state index is 0.469. The Hall–Kier alpha value is -0.700. The number of hydrogen-bond donors (Lipinski definition) is 1. The number of halogens is 1. The summed E-state index contributed by atoms with van der Waals surface area (Å²) in [7, 11) is 0. The Balaban J connectivity index is 1.68. The molecule has 2 saturated heterocycles. The van der Waals surface area contributed by atoms with Gasteiger partial charge in [0, 0.05) is 42.8 Å². The fraction of sp³-hybridized carbons (Fsp3) is 0.684. The highest BCUT2D eigenvalue weighted by atomic mass is 79.9. The molecule has 0 amide bonds. The van der Waals surface area contributed by atoms with Gasteiger partial charge in [0.2, 0.25) is 0 Å². The molecule has 4 rings (SSSR count). The van der Waals surface area contributed by atoms with E-state index < -0.39 is 11.6 Å². The molecule has 144 valence electrons. The summed E-state index contributed by atoms with van der Waals surface area (Å²) in [5.74, 6) is 0.795. The van der Waals surface area contributed by atoms with E-state index in [1.54, 1.807) is 0 Å². The van der Waals surface area contributed by atoms with Crippen LogP contribution in [0.5, 0.6) is 5.75 Å². The van der Waals surface area contributed by atoms with Crippen LogP contribution in [0, 0.1) is 6.92 Å². The smallest absolute Gasteiger partial charge is 0.125 e. The maximum absolute atomic E-state index is 11.5. The minimum atomic E-state index is -0.607. The van der Waals surface area contributed by atoms with E-state index in [4.69, 9.17) is 14.2 Å². The van der Waals surface area contributed by atoms with E-state index in [1.807, 2.05) is 19.1 Å². The average Bonchev–Trinajstić information content (AvgIpc) is 2.67. The Morgan fingerprint density at radius 2 is 1.77 bits per heavy atom. The van der Waals surface area contributed by atoms with E-state index in [1.165, 1.54) is 0 Å². The Kier molecular flexibility index (Phi) is 5.55.